The third-order valence-corrected chi connectivity index (χ3v) is 9.99. The lowest BCUT2D eigenvalue weighted by molar-refractivity contribution is -0.272. The largest absolute Gasteiger partial charge is 0.465 e. The molecule has 0 unspecified atom stereocenters. The fourth-order valence-electron chi connectivity index (χ4n) is 8.50. The van der Waals surface area contributed by atoms with E-state index in [4.69, 9.17) is 9.47 Å². The maximum atomic E-state index is 12.4. The van der Waals surface area contributed by atoms with E-state index in [9.17, 15) is 24.6 Å². The van der Waals surface area contributed by atoms with Crippen LogP contribution in [0.2, 0.25) is 0 Å². The molecule has 4 rings (SSSR count). The van der Waals surface area contributed by atoms with Gasteiger partial charge < -0.3 is 19.7 Å². The lowest BCUT2D eigenvalue weighted by Crippen LogP contribution is -2.69. The summed E-state index contributed by atoms with van der Waals surface area (Å²) in [4.78, 5) is 35.7. The second-order valence-corrected chi connectivity index (χ2v) is 11.3. The van der Waals surface area contributed by atoms with Crippen molar-refractivity contribution in [1.29, 1.82) is 0 Å². The molecule has 4 aliphatic rings. The molecule has 0 aromatic heterocycles. The Morgan fingerprint density at radius 2 is 1.56 bits per heavy atom. The molecular formula is C25H38O7. The molecule has 0 aromatic rings. The van der Waals surface area contributed by atoms with Gasteiger partial charge in [-0.05, 0) is 70.1 Å². The van der Waals surface area contributed by atoms with E-state index in [2.05, 4.69) is 6.92 Å². The van der Waals surface area contributed by atoms with Crippen LogP contribution < -0.4 is 0 Å². The Bertz CT molecular complexity index is 810. The van der Waals surface area contributed by atoms with Gasteiger partial charge in [0.05, 0.1) is 17.8 Å². The SMILES string of the molecule is CC(=O)OC[C@]12CC[C@H](OC(C)=O)C[C@]1(O)CC[C@@H]1[C@@H]2CC[C@@]2(C)[C@H](C(C)=O)CC[C@@]12O. The Labute approximate surface area is 190 Å². The van der Waals surface area contributed by atoms with Gasteiger partial charge in [-0.2, -0.15) is 0 Å². The summed E-state index contributed by atoms with van der Waals surface area (Å²) in [7, 11) is 0. The number of fused-ring (bicyclic) bond motifs is 5. The Morgan fingerprint density at radius 1 is 0.875 bits per heavy atom. The fraction of sp³-hybridized carbons (Fsp3) is 0.880. The topological polar surface area (TPSA) is 110 Å². The van der Waals surface area contributed by atoms with Crippen LogP contribution >= 0.6 is 0 Å². The van der Waals surface area contributed by atoms with Crippen molar-refractivity contribution < 1.29 is 34.1 Å². The summed E-state index contributed by atoms with van der Waals surface area (Å²) in [6, 6.07) is 0. The molecule has 0 aromatic carbocycles. The van der Waals surface area contributed by atoms with Gasteiger partial charge in [-0.25, -0.2) is 0 Å². The summed E-state index contributed by atoms with van der Waals surface area (Å²) < 4.78 is 11.0. The predicted molar refractivity (Wildman–Crippen MR) is 115 cm³/mol. The van der Waals surface area contributed by atoms with E-state index in [1.807, 2.05) is 0 Å². The zero-order chi connectivity index (χ0) is 23.5. The average Bonchev–Trinajstić information content (AvgIpc) is 2.97. The Kier molecular flexibility index (Phi) is 5.77. The minimum atomic E-state index is -1.13. The zero-order valence-corrected chi connectivity index (χ0v) is 19.8. The van der Waals surface area contributed by atoms with Crippen LogP contribution in [0.15, 0.2) is 0 Å². The minimum absolute atomic E-state index is 0.0253. The predicted octanol–water partition coefficient (Wildman–Crippen LogP) is 2.94. The zero-order valence-electron chi connectivity index (χ0n) is 19.8. The highest BCUT2D eigenvalue weighted by atomic mass is 16.5. The van der Waals surface area contributed by atoms with Gasteiger partial charge in [0, 0.05) is 37.0 Å². The number of hydrogen-bond acceptors (Lipinski definition) is 7. The van der Waals surface area contributed by atoms with E-state index in [1.54, 1.807) is 6.92 Å². The highest BCUT2D eigenvalue weighted by molar-refractivity contribution is 5.80. The van der Waals surface area contributed by atoms with Gasteiger partial charge in [0.15, 0.2) is 0 Å². The van der Waals surface area contributed by atoms with E-state index in [-0.39, 0.29) is 48.2 Å². The molecule has 0 saturated heterocycles. The lowest BCUT2D eigenvalue weighted by Gasteiger charge is -2.66. The highest BCUT2D eigenvalue weighted by Crippen LogP contribution is 2.70. The fourth-order valence-corrected chi connectivity index (χ4v) is 8.50. The molecule has 0 amide bonds. The first-order chi connectivity index (χ1) is 14.9. The van der Waals surface area contributed by atoms with Crippen LogP contribution in [0.25, 0.3) is 0 Å². The molecule has 180 valence electrons. The molecule has 4 fully saturated rings. The van der Waals surface area contributed by atoms with Crippen LogP contribution in [-0.2, 0) is 23.9 Å². The number of carbonyl (C=O) groups is 3. The van der Waals surface area contributed by atoms with E-state index < -0.39 is 22.0 Å². The van der Waals surface area contributed by atoms with Gasteiger partial charge in [-0.1, -0.05) is 6.92 Å². The maximum Gasteiger partial charge on any atom is 0.302 e. The lowest BCUT2D eigenvalue weighted by atomic mass is 9.41. The van der Waals surface area contributed by atoms with Gasteiger partial charge in [-0.3, -0.25) is 14.4 Å². The first-order valence-electron chi connectivity index (χ1n) is 12.1. The third-order valence-electron chi connectivity index (χ3n) is 9.99. The molecule has 8 atom stereocenters. The first-order valence-corrected chi connectivity index (χ1v) is 12.1. The third kappa shape index (κ3) is 3.25. The Hall–Kier alpha value is -1.47. The maximum absolute atomic E-state index is 12.4. The first kappa shape index (κ1) is 23.7. The van der Waals surface area contributed by atoms with E-state index in [0.717, 1.165) is 6.42 Å². The molecular weight excluding hydrogens is 412 g/mol. The van der Waals surface area contributed by atoms with E-state index in [0.29, 0.717) is 51.4 Å². The highest BCUT2D eigenvalue weighted by Gasteiger charge is 2.71. The Balaban J connectivity index is 1.71. The van der Waals surface area contributed by atoms with Crippen LogP contribution in [0.5, 0.6) is 0 Å². The number of ether oxygens (including phenoxy) is 2. The molecule has 7 nitrogen and oxygen atoms in total. The van der Waals surface area contributed by atoms with Gasteiger partial charge in [-0.15, -0.1) is 0 Å². The second kappa shape index (κ2) is 7.79. The molecule has 0 bridgehead atoms. The number of ketones is 1. The summed E-state index contributed by atoms with van der Waals surface area (Å²) in [5.41, 5.74) is -3.26. The van der Waals surface area contributed by atoms with Gasteiger partial charge in [0.2, 0.25) is 0 Å². The van der Waals surface area contributed by atoms with Crippen LogP contribution in [0.4, 0.5) is 0 Å². The molecule has 2 N–H and O–H groups in total. The molecule has 0 radical (unpaired) electrons. The summed E-state index contributed by atoms with van der Waals surface area (Å²) in [5, 5.41) is 24.1. The van der Waals surface area contributed by atoms with Gasteiger partial charge in [0.1, 0.15) is 11.9 Å². The van der Waals surface area contributed by atoms with Crippen molar-refractivity contribution in [3.05, 3.63) is 0 Å². The number of esters is 2. The van der Waals surface area contributed by atoms with Crippen molar-refractivity contribution in [2.75, 3.05) is 6.61 Å². The van der Waals surface area contributed by atoms with E-state index in [1.165, 1.54) is 13.8 Å². The quantitative estimate of drug-likeness (QED) is 0.634. The standard InChI is InChI=1S/C25H38O7/c1-15(26)19-8-12-25(30)21-7-11-24(29)13-18(32-17(3)28)5-10-23(24,14-31-16(2)27)20(21)6-9-22(19,25)4/h18-21,29-30H,5-14H2,1-4H3/t18-,19-,20-,21+,22-,23-,24+,25+/m0/s1. The Morgan fingerprint density at radius 3 is 2.19 bits per heavy atom. The van der Waals surface area contributed by atoms with Crippen LogP contribution in [0.1, 0.15) is 85.5 Å². The number of Topliss-reactive ketones (excluding diaryl/α,β-unsaturated/α-hetero) is 1. The van der Waals surface area contributed by atoms with Crippen molar-refractivity contribution in [2.24, 2.45) is 28.6 Å². The smallest absolute Gasteiger partial charge is 0.302 e. The van der Waals surface area contributed by atoms with Crippen molar-refractivity contribution in [2.45, 2.75) is 103 Å². The molecule has 4 saturated carbocycles. The van der Waals surface area contributed by atoms with Crippen molar-refractivity contribution in [1.82, 2.24) is 0 Å². The van der Waals surface area contributed by atoms with Crippen LogP contribution in [0.3, 0.4) is 0 Å². The number of carbonyl (C=O) groups excluding carboxylic acids is 3. The average molecular weight is 451 g/mol. The molecule has 0 aliphatic heterocycles. The molecule has 4 aliphatic carbocycles. The molecule has 32 heavy (non-hydrogen) atoms. The number of hydrogen-bond donors (Lipinski definition) is 2. The van der Waals surface area contributed by atoms with E-state index >= 15 is 0 Å². The normalized spacial score (nSPS) is 47.6. The van der Waals surface area contributed by atoms with Gasteiger partial charge >= 0.3 is 11.9 Å². The molecule has 0 spiro atoms. The molecule has 0 heterocycles. The summed E-state index contributed by atoms with van der Waals surface area (Å²) in [6.45, 7) is 6.56. The summed E-state index contributed by atoms with van der Waals surface area (Å²) in [6.07, 6.45) is 5.00. The van der Waals surface area contributed by atoms with Crippen molar-refractivity contribution in [3.8, 4) is 0 Å². The minimum Gasteiger partial charge on any atom is -0.465 e. The number of rotatable bonds is 4. The van der Waals surface area contributed by atoms with Crippen LogP contribution in [0, 0.1) is 28.6 Å². The second-order valence-electron chi connectivity index (χ2n) is 11.3. The number of aliphatic hydroxyl groups is 2. The summed E-state index contributed by atoms with van der Waals surface area (Å²) in [5.74, 6) is -0.829. The van der Waals surface area contributed by atoms with Crippen LogP contribution in [-0.4, -0.2) is 51.8 Å². The summed E-state index contributed by atoms with van der Waals surface area (Å²) >= 11 is 0. The molecule has 7 heteroatoms. The van der Waals surface area contributed by atoms with Gasteiger partial charge in [0.25, 0.3) is 0 Å². The monoisotopic (exact) mass is 450 g/mol. The van der Waals surface area contributed by atoms with Crippen molar-refractivity contribution >= 4 is 17.7 Å². The van der Waals surface area contributed by atoms with Crippen molar-refractivity contribution in [3.63, 3.8) is 0 Å².